The molecule has 0 unspecified atom stereocenters. The standard InChI is InChI=1S/C26H30ClN3O8/c1-29(2)20-14-8-11-7-13-17(15(31)9-12(19(13)27)10-30-3-5-38-6-4-30)21(32)16(11)23(34)26(14,37)24(35)18(22(20)33)25(28)36/h9,11,14,20,31,33-34,37H,3-8,10H2,1-2H3,(H2,28,36)/t11-,14-,20-,26-/m0/s1. The molecule has 1 aliphatic heterocycles. The molecule has 0 spiro atoms. The SMILES string of the molecule is CN(C)[C@@H]1C(O)=C(C(N)=O)C(=O)[C@@]2(O)C(O)=C3C(=O)c4c(O)cc(CN5CCOCC5)c(Cl)c4C[C@H]3C[C@@H]12. The largest absolute Gasteiger partial charge is 0.510 e. The molecule has 5 rings (SSSR count). The Hall–Kier alpha value is -2.96. The number of phenolic OH excluding ortho intramolecular Hbond substituents is 1. The molecule has 1 aromatic rings. The number of benzene rings is 1. The van der Waals surface area contributed by atoms with Gasteiger partial charge in [-0.3, -0.25) is 24.2 Å². The quantitative estimate of drug-likeness (QED) is 0.336. The van der Waals surface area contributed by atoms with E-state index in [-0.39, 0.29) is 29.7 Å². The zero-order chi connectivity index (χ0) is 27.7. The lowest BCUT2D eigenvalue weighted by molar-refractivity contribution is -0.148. The monoisotopic (exact) mass is 547 g/mol. The van der Waals surface area contributed by atoms with Gasteiger partial charge in [-0.2, -0.15) is 0 Å². The van der Waals surface area contributed by atoms with Crippen molar-refractivity contribution in [2.45, 2.75) is 31.0 Å². The molecule has 3 aliphatic carbocycles. The van der Waals surface area contributed by atoms with Crippen molar-refractivity contribution in [3.63, 3.8) is 0 Å². The molecule has 11 nitrogen and oxygen atoms in total. The van der Waals surface area contributed by atoms with Crippen LogP contribution < -0.4 is 5.73 Å². The number of ether oxygens (including phenoxy) is 1. The first-order chi connectivity index (χ1) is 17.9. The molecule has 1 saturated heterocycles. The predicted molar refractivity (Wildman–Crippen MR) is 135 cm³/mol. The summed E-state index contributed by atoms with van der Waals surface area (Å²) in [6.45, 7) is 3.00. The molecule has 12 heteroatoms. The Bertz CT molecular complexity index is 1320. The number of ketones is 2. The molecule has 0 radical (unpaired) electrons. The van der Waals surface area contributed by atoms with Gasteiger partial charge in [0.05, 0.1) is 24.8 Å². The molecule has 4 atom stereocenters. The Labute approximate surface area is 223 Å². The van der Waals surface area contributed by atoms with E-state index >= 15 is 0 Å². The van der Waals surface area contributed by atoms with Gasteiger partial charge in [-0.15, -0.1) is 0 Å². The lowest BCUT2D eigenvalue weighted by atomic mass is 9.58. The van der Waals surface area contributed by atoms with E-state index < -0.39 is 58.0 Å². The van der Waals surface area contributed by atoms with E-state index in [1.54, 1.807) is 14.1 Å². The van der Waals surface area contributed by atoms with E-state index in [1.165, 1.54) is 11.0 Å². The van der Waals surface area contributed by atoms with Crippen LogP contribution in [0.1, 0.15) is 27.9 Å². The molecule has 6 N–H and O–H groups in total. The fourth-order valence-electron chi connectivity index (χ4n) is 6.47. The topological polar surface area (TPSA) is 174 Å². The Morgan fingerprint density at radius 1 is 1.24 bits per heavy atom. The summed E-state index contributed by atoms with van der Waals surface area (Å²) >= 11 is 6.78. The number of fused-ring (bicyclic) bond motifs is 3. The zero-order valence-electron chi connectivity index (χ0n) is 21.0. The van der Waals surface area contributed by atoms with E-state index in [9.17, 15) is 34.8 Å². The second kappa shape index (κ2) is 9.35. The number of aliphatic hydroxyl groups excluding tert-OH is 2. The number of aliphatic hydroxyl groups is 3. The molecule has 204 valence electrons. The maximum Gasteiger partial charge on any atom is 0.255 e. The number of amides is 1. The van der Waals surface area contributed by atoms with Gasteiger partial charge in [0.1, 0.15) is 22.8 Å². The van der Waals surface area contributed by atoms with E-state index in [4.69, 9.17) is 22.1 Å². The van der Waals surface area contributed by atoms with Gasteiger partial charge in [-0.05, 0) is 50.0 Å². The van der Waals surface area contributed by atoms with Crippen LogP contribution in [0.4, 0.5) is 0 Å². The van der Waals surface area contributed by atoms with E-state index in [0.717, 1.165) is 0 Å². The Morgan fingerprint density at radius 2 is 1.89 bits per heavy atom. The molecule has 1 aromatic carbocycles. The van der Waals surface area contributed by atoms with Crippen molar-refractivity contribution in [3.05, 3.63) is 50.4 Å². The van der Waals surface area contributed by atoms with Gasteiger partial charge < -0.3 is 30.9 Å². The maximum atomic E-state index is 13.7. The molecule has 38 heavy (non-hydrogen) atoms. The number of primary amides is 1. The lowest BCUT2D eigenvalue weighted by Crippen LogP contribution is -2.63. The van der Waals surface area contributed by atoms with Crippen molar-refractivity contribution < 1.29 is 39.5 Å². The van der Waals surface area contributed by atoms with E-state index in [2.05, 4.69) is 4.90 Å². The molecule has 0 aromatic heterocycles. The number of rotatable bonds is 4. The minimum atomic E-state index is -2.67. The van der Waals surface area contributed by atoms with Crippen LogP contribution in [-0.2, 0) is 27.3 Å². The number of morpholine rings is 1. The number of carbonyl (C=O) groups excluding carboxylic acids is 3. The summed E-state index contributed by atoms with van der Waals surface area (Å²) in [5.41, 5.74) is 2.61. The second-order valence-corrected chi connectivity index (χ2v) is 11.0. The van der Waals surface area contributed by atoms with Crippen molar-refractivity contribution in [1.29, 1.82) is 0 Å². The van der Waals surface area contributed by atoms with Crippen LogP contribution in [0.2, 0.25) is 5.02 Å². The number of phenols is 1. The summed E-state index contributed by atoms with van der Waals surface area (Å²) < 4.78 is 5.38. The molecular formula is C26H30ClN3O8. The first-order valence-electron chi connectivity index (χ1n) is 12.4. The summed E-state index contributed by atoms with van der Waals surface area (Å²) in [6, 6.07) is 0.379. The van der Waals surface area contributed by atoms with Crippen LogP contribution in [0.15, 0.2) is 28.7 Å². The Morgan fingerprint density at radius 3 is 2.50 bits per heavy atom. The summed E-state index contributed by atoms with van der Waals surface area (Å²) in [6.07, 6.45) is 0.161. The third-order valence-corrected chi connectivity index (χ3v) is 8.70. The second-order valence-electron chi connectivity index (χ2n) is 10.6. The molecule has 1 fully saturated rings. The van der Waals surface area contributed by atoms with Crippen molar-refractivity contribution in [2.24, 2.45) is 17.6 Å². The first-order valence-corrected chi connectivity index (χ1v) is 12.7. The predicted octanol–water partition coefficient (Wildman–Crippen LogP) is 0.606. The molecule has 4 aliphatic rings. The zero-order valence-corrected chi connectivity index (χ0v) is 21.8. The van der Waals surface area contributed by atoms with Crippen molar-refractivity contribution in [2.75, 3.05) is 40.4 Å². The van der Waals surface area contributed by atoms with Crippen LogP contribution >= 0.6 is 11.6 Å². The average molecular weight is 548 g/mol. The fourth-order valence-corrected chi connectivity index (χ4v) is 6.75. The number of Topliss-reactive ketones (excluding diaryl/α,β-unsaturated/α-hetero) is 2. The highest BCUT2D eigenvalue weighted by Gasteiger charge is 2.63. The summed E-state index contributed by atoms with van der Waals surface area (Å²) in [5.74, 6) is -6.86. The van der Waals surface area contributed by atoms with Gasteiger partial charge in [0.2, 0.25) is 5.78 Å². The number of carbonyl (C=O) groups is 3. The average Bonchev–Trinajstić information content (AvgIpc) is 2.84. The number of hydrogen-bond acceptors (Lipinski definition) is 10. The van der Waals surface area contributed by atoms with Gasteiger partial charge in [0, 0.05) is 36.1 Å². The number of aromatic hydroxyl groups is 1. The van der Waals surface area contributed by atoms with Crippen molar-refractivity contribution in [1.82, 2.24) is 9.80 Å². The minimum Gasteiger partial charge on any atom is -0.510 e. The molecule has 0 saturated carbocycles. The highest BCUT2D eigenvalue weighted by molar-refractivity contribution is 6.33. The number of nitrogens with zero attached hydrogens (tertiary/aromatic N) is 2. The van der Waals surface area contributed by atoms with Crippen LogP contribution in [0.3, 0.4) is 0 Å². The maximum absolute atomic E-state index is 13.7. The molecule has 1 amide bonds. The molecule has 1 heterocycles. The molecular weight excluding hydrogens is 518 g/mol. The number of halogens is 1. The third-order valence-electron chi connectivity index (χ3n) is 8.23. The number of likely N-dealkylation sites (N-methyl/N-ethyl adjacent to an activating group) is 1. The third kappa shape index (κ3) is 3.76. The molecule has 0 bridgehead atoms. The van der Waals surface area contributed by atoms with E-state index in [1.807, 2.05) is 0 Å². The van der Waals surface area contributed by atoms with Crippen LogP contribution in [-0.4, -0.2) is 99.7 Å². The fraction of sp³-hybridized carbons (Fsp3) is 0.500. The lowest BCUT2D eigenvalue weighted by Gasteiger charge is -2.50. The van der Waals surface area contributed by atoms with Crippen molar-refractivity contribution >= 4 is 29.1 Å². The highest BCUT2D eigenvalue weighted by Crippen LogP contribution is 2.53. The summed E-state index contributed by atoms with van der Waals surface area (Å²) in [4.78, 5) is 42.7. The van der Waals surface area contributed by atoms with Gasteiger partial charge in [0.15, 0.2) is 11.4 Å². The van der Waals surface area contributed by atoms with Gasteiger partial charge >= 0.3 is 0 Å². The summed E-state index contributed by atoms with van der Waals surface area (Å²) in [5, 5.41) is 45.0. The van der Waals surface area contributed by atoms with E-state index in [0.29, 0.717) is 49.0 Å². The van der Waals surface area contributed by atoms with Crippen LogP contribution in [0.5, 0.6) is 5.75 Å². The van der Waals surface area contributed by atoms with Crippen LogP contribution in [0.25, 0.3) is 0 Å². The first kappa shape index (κ1) is 26.6. The number of nitrogens with two attached hydrogens (primary N) is 1. The van der Waals surface area contributed by atoms with Gasteiger partial charge in [0.25, 0.3) is 5.91 Å². The number of allylic oxidation sites excluding steroid dienone is 1. The van der Waals surface area contributed by atoms with Crippen LogP contribution in [0, 0.1) is 11.8 Å². The van der Waals surface area contributed by atoms with Gasteiger partial charge in [-0.25, -0.2) is 0 Å². The Kier molecular flexibility index (Phi) is 6.56. The Balaban J connectivity index is 1.62. The summed E-state index contributed by atoms with van der Waals surface area (Å²) in [7, 11) is 3.17. The van der Waals surface area contributed by atoms with Crippen molar-refractivity contribution in [3.8, 4) is 5.75 Å². The number of hydrogen-bond donors (Lipinski definition) is 5. The van der Waals surface area contributed by atoms with Gasteiger partial charge in [-0.1, -0.05) is 11.6 Å². The highest BCUT2D eigenvalue weighted by atomic mass is 35.5. The smallest absolute Gasteiger partial charge is 0.255 e. The normalized spacial score (nSPS) is 29.9. The minimum absolute atomic E-state index is 0.0105.